The van der Waals surface area contributed by atoms with Gasteiger partial charge in [-0.15, -0.1) is 0 Å². The Morgan fingerprint density at radius 2 is 1.90 bits per heavy atom. The van der Waals surface area contributed by atoms with Gasteiger partial charge in [-0.25, -0.2) is 8.78 Å². The molecule has 0 spiro atoms. The second kappa shape index (κ2) is 7.33. The molecule has 2 N–H and O–H groups in total. The van der Waals surface area contributed by atoms with E-state index in [1.807, 2.05) is 0 Å². The zero-order chi connectivity index (χ0) is 14.5. The highest BCUT2D eigenvalue weighted by Crippen LogP contribution is 2.26. The lowest BCUT2D eigenvalue weighted by Gasteiger charge is -2.17. The Bertz CT molecular complexity index is 430. The SMILES string of the molecule is O[C@@H](CNC1CCCC1)COc1c(F)cc(Br)cc1F. The van der Waals surface area contributed by atoms with Crippen LogP contribution in [0.2, 0.25) is 0 Å². The predicted molar refractivity (Wildman–Crippen MR) is 75.8 cm³/mol. The van der Waals surface area contributed by atoms with Crippen LogP contribution in [-0.4, -0.2) is 30.4 Å². The van der Waals surface area contributed by atoms with Gasteiger partial charge in [-0.05, 0) is 25.0 Å². The summed E-state index contributed by atoms with van der Waals surface area (Å²) in [6.07, 6.45) is 3.85. The first kappa shape index (κ1) is 15.7. The molecule has 1 aromatic carbocycles. The maximum atomic E-state index is 13.5. The van der Waals surface area contributed by atoms with E-state index >= 15 is 0 Å². The number of halogens is 3. The van der Waals surface area contributed by atoms with Crippen molar-refractivity contribution < 1.29 is 18.6 Å². The molecule has 1 atom stereocenters. The third kappa shape index (κ3) is 4.40. The monoisotopic (exact) mass is 349 g/mol. The Labute approximate surface area is 125 Å². The van der Waals surface area contributed by atoms with Crippen molar-refractivity contribution in [3.8, 4) is 5.75 Å². The molecule has 1 aliphatic carbocycles. The van der Waals surface area contributed by atoms with Gasteiger partial charge >= 0.3 is 0 Å². The lowest BCUT2D eigenvalue weighted by molar-refractivity contribution is 0.0990. The van der Waals surface area contributed by atoms with Crippen LogP contribution in [-0.2, 0) is 0 Å². The third-order valence-electron chi connectivity index (χ3n) is 3.38. The molecule has 0 radical (unpaired) electrons. The van der Waals surface area contributed by atoms with Gasteiger partial charge in [-0.1, -0.05) is 28.8 Å². The molecule has 0 aromatic heterocycles. The van der Waals surface area contributed by atoms with Crippen molar-refractivity contribution >= 4 is 15.9 Å². The molecule has 1 aliphatic rings. The van der Waals surface area contributed by atoms with E-state index in [0.717, 1.165) is 25.0 Å². The van der Waals surface area contributed by atoms with Gasteiger partial charge in [0.05, 0.1) is 0 Å². The number of nitrogens with one attached hydrogen (secondary N) is 1. The number of aliphatic hydroxyl groups is 1. The summed E-state index contributed by atoms with van der Waals surface area (Å²) in [7, 11) is 0. The Morgan fingerprint density at radius 1 is 1.30 bits per heavy atom. The minimum atomic E-state index is -0.793. The number of hydrogen-bond donors (Lipinski definition) is 2. The normalized spacial score (nSPS) is 17.4. The van der Waals surface area contributed by atoms with Crippen molar-refractivity contribution in [1.29, 1.82) is 0 Å². The fraction of sp³-hybridized carbons (Fsp3) is 0.571. The average Bonchev–Trinajstić information content (AvgIpc) is 2.88. The summed E-state index contributed by atoms with van der Waals surface area (Å²) >= 11 is 2.99. The number of aliphatic hydroxyl groups excluding tert-OH is 1. The largest absolute Gasteiger partial charge is 0.485 e. The van der Waals surface area contributed by atoms with Crippen LogP contribution in [0, 0.1) is 11.6 Å². The van der Waals surface area contributed by atoms with E-state index in [-0.39, 0.29) is 6.61 Å². The van der Waals surface area contributed by atoms with Crippen molar-refractivity contribution in [1.82, 2.24) is 5.32 Å². The van der Waals surface area contributed by atoms with Crippen LogP contribution in [0.25, 0.3) is 0 Å². The van der Waals surface area contributed by atoms with Crippen molar-refractivity contribution in [3.05, 3.63) is 28.2 Å². The summed E-state index contributed by atoms with van der Waals surface area (Å²) in [6.45, 7) is 0.222. The Balaban J connectivity index is 1.79. The van der Waals surface area contributed by atoms with Gasteiger partial charge in [0.25, 0.3) is 0 Å². The first-order valence-electron chi connectivity index (χ1n) is 6.75. The van der Waals surface area contributed by atoms with Crippen molar-refractivity contribution in [2.75, 3.05) is 13.2 Å². The van der Waals surface area contributed by atoms with Crippen LogP contribution >= 0.6 is 15.9 Å². The molecular formula is C14H18BrF2NO2. The van der Waals surface area contributed by atoms with E-state index in [1.165, 1.54) is 12.8 Å². The standard InChI is InChI=1S/C14H18BrF2NO2/c15-9-5-12(16)14(13(17)6-9)20-8-11(19)7-18-10-3-1-2-4-10/h5-6,10-11,18-19H,1-4,7-8H2/t11-/m0/s1. The molecule has 1 fully saturated rings. The van der Waals surface area contributed by atoms with Crippen LogP contribution < -0.4 is 10.1 Å². The molecule has 0 saturated heterocycles. The molecule has 0 heterocycles. The molecule has 1 saturated carbocycles. The number of hydrogen-bond acceptors (Lipinski definition) is 3. The molecule has 3 nitrogen and oxygen atoms in total. The molecule has 2 rings (SSSR count). The molecule has 0 unspecified atom stereocenters. The van der Waals surface area contributed by atoms with Gasteiger partial charge in [0, 0.05) is 17.1 Å². The second-order valence-electron chi connectivity index (χ2n) is 5.05. The van der Waals surface area contributed by atoms with Gasteiger partial charge in [0.1, 0.15) is 12.7 Å². The van der Waals surface area contributed by atoms with Gasteiger partial charge in [-0.2, -0.15) is 0 Å². The Kier molecular flexibility index (Phi) is 5.74. The van der Waals surface area contributed by atoms with Gasteiger partial charge < -0.3 is 15.2 Å². The summed E-state index contributed by atoms with van der Waals surface area (Å²) in [5.41, 5.74) is 0. The average molecular weight is 350 g/mol. The molecule has 112 valence electrons. The predicted octanol–water partition coefficient (Wildman–Crippen LogP) is 3.00. The summed E-state index contributed by atoms with van der Waals surface area (Å²) in [4.78, 5) is 0. The summed E-state index contributed by atoms with van der Waals surface area (Å²) < 4.78 is 32.3. The maximum Gasteiger partial charge on any atom is 0.190 e. The van der Waals surface area contributed by atoms with Crippen LogP contribution in [0.3, 0.4) is 0 Å². The molecule has 6 heteroatoms. The molecule has 1 aromatic rings. The number of benzene rings is 1. The van der Waals surface area contributed by atoms with E-state index in [4.69, 9.17) is 4.74 Å². The van der Waals surface area contributed by atoms with E-state index in [2.05, 4.69) is 21.2 Å². The molecule has 0 amide bonds. The first-order valence-corrected chi connectivity index (χ1v) is 7.54. The first-order chi connectivity index (χ1) is 9.56. The fourth-order valence-corrected chi connectivity index (χ4v) is 2.74. The number of ether oxygens (including phenoxy) is 1. The number of rotatable bonds is 6. The van der Waals surface area contributed by atoms with E-state index < -0.39 is 23.5 Å². The summed E-state index contributed by atoms with van der Waals surface area (Å²) in [5.74, 6) is -2.02. The molecule has 0 bridgehead atoms. The minimum Gasteiger partial charge on any atom is -0.485 e. The van der Waals surface area contributed by atoms with Gasteiger partial charge in [0.15, 0.2) is 17.4 Å². The van der Waals surface area contributed by atoms with Gasteiger partial charge in [-0.3, -0.25) is 0 Å². The maximum absolute atomic E-state index is 13.5. The van der Waals surface area contributed by atoms with Crippen molar-refractivity contribution in [2.45, 2.75) is 37.8 Å². The minimum absolute atomic E-state index is 0.144. The fourth-order valence-electron chi connectivity index (χ4n) is 2.34. The van der Waals surface area contributed by atoms with Crippen molar-refractivity contribution in [3.63, 3.8) is 0 Å². The van der Waals surface area contributed by atoms with Crippen LogP contribution in [0.5, 0.6) is 5.75 Å². The van der Waals surface area contributed by atoms with E-state index in [9.17, 15) is 13.9 Å². The van der Waals surface area contributed by atoms with Crippen molar-refractivity contribution in [2.24, 2.45) is 0 Å². The zero-order valence-electron chi connectivity index (χ0n) is 11.0. The summed E-state index contributed by atoms with van der Waals surface area (Å²) in [5, 5.41) is 13.0. The Hall–Kier alpha value is -0.720. The highest BCUT2D eigenvalue weighted by atomic mass is 79.9. The lowest BCUT2D eigenvalue weighted by Crippen LogP contribution is -2.36. The van der Waals surface area contributed by atoms with Gasteiger partial charge in [0.2, 0.25) is 0 Å². The molecule has 20 heavy (non-hydrogen) atoms. The third-order valence-corrected chi connectivity index (χ3v) is 3.84. The lowest BCUT2D eigenvalue weighted by atomic mass is 10.2. The van der Waals surface area contributed by atoms with E-state index in [0.29, 0.717) is 17.1 Å². The quantitative estimate of drug-likeness (QED) is 0.829. The second-order valence-corrected chi connectivity index (χ2v) is 5.97. The van der Waals surface area contributed by atoms with Crippen LogP contribution in [0.1, 0.15) is 25.7 Å². The Morgan fingerprint density at radius 3 is 2.50 bits per heavy atom. The zero-order valence-corrected chi connectivity index (χ0v) is 12.6. The van der Waals surface area contributed by atoms with E-state index in [1.54, 1.807) is 0 Å². The highest BCUT2D eigenvalue weighted by Gasteiger charge is 2.17. The van der Waals surface area contributed by atoms with Crippen LogP contribution in [0.15, 0.2) is 16.6 Å². The molecular weight excluding hydrogens is 332 g/mol. The smallest absolute Gasteiger partial charge is 0.190 e. The molecule has 0 aliphatic heterocycles. The van der Waals surface area contributed by atoms with Crippen LogP contribution in [0.4, 0.5) is 8.78 Å². The topological polar surface area (TPSA) is 41.5 Å². The highest BCUT2D eigenvalue weighted by molar-refractivity contribution is 9.10. The summed E-state index contributed by atoms with van der Waals surface area (Å²) in [6, 6.07) is 2.69.